The van der Waals surface area contributed by atoms with Crippen LogP contribution in [-0.4, -0.2) is 51.4 Å². The fourth-order valence-corrected chi connectivity index (χ4v) is 1.96. The number of imidazole rings is 1. The maximum Gasteiger partial charge on any atom is 0.280 e. The van der Waals surface area contributed by atoms with E-state index in [1.165, 1.54) is 0 Å². The summed E-state index contributed by atoms with van der Waals surface area (Å²) >= 11 is 0. The van der Waals surface area contributed by atoms with E-state index in [2.05, 4.69) is 53.0 Å². The smallest absolute Gasteiger partial charge is 0.280 e. The Morgan fingerprint density at radius 1 is 1.38 bits per heavy atom. The van der Waals surface area contributed by atoms with Gasteiger partial charge in [0, 0.05) is 27.7 Å². The van der Waals surface area contributed by atoms with Crippen molar-refractivity contribution in [1.29, 1.82) is 0 Å². The normalized spacial score (nSPS) is 12.5. The van der Waals surface area contributed by atoms with Crippen molar-refractivity contribution in [3.63, 3.8) is 0 Å². The van der Waals surface area contributed by atoms with Gasteiger partial charge in [-0.3, -0.25) is 14.3 Å². The minimum Gasteiger partial charge on any atom is -0.369 e. The minimum atomic E-state index is -0.294. The average molecular weight is 333 g/mol. The van der Waals surface area contributed by atoms with Crippen molar-refractivity contribution < 1.29 is 0 Å². The number of anilines is 1. The van der Waals surface area contributed by atoms with Crippen LogP contribution in [0.3, 0.4) is 0 Å². The van der Waals surface area contributed by atoms with Crippen LogP contribution in [-0.2, 0) is 7.05 Å². The Kier molecular flexibility index (Phi) is 4.96. The molecule has 0 bridgehead atoms. The molecule has 0 saturated heterocycles. The molecule has 2 rings (SSSR count). The molecule has 8 nitrogen and oxygen atoms in total. The second-order valence-electron chi connectivity index (χ2n) is 7.26. The Bertz CT molecular complexity index is 799. The van der Waals surface area contributed by atoms with Crippen molar-refractivity contribution in [2.45, 2.75) is 27.7 Å². The highest BCUT2D eigenvalue weighted by atomic mass is 16.1. The number of aryl methyl sites for hydroxylation is 1. The summed E-state index contributed by atoms with van der Waals surface area (Å²) in [5.74, 6) is 1.41. The zero-order valence-corrected chi connectivity index (χ0v) is 15.5. The number of aromatic amines is 1. The number of H-pyrrole nitrogens is 1. The number of aromatic nitrogens is 4. The summed E-state index contributed by atoms with van der Waals surface area (Å²) in [6.45, 7) is 9.54. The predicted molar refractivity (Wildman–Crippen MR) is 98.1 cm³/mol. The summed E-state index contributed by atoms with van der Waals surface area (Å²) in [5, 5.41) is 3.33. The van der Waals surface area contributed by atoms with Crippen molar-refractivity contribution in [3.05, 3.63) is 10.4 Å². The van der Waals surface area contributed by atoms with E-state index in [1.54, 1.807) is 15.8 Å². The minimum absolute atomic E-state index is 0.110. The highest BCUT2D eigenvalue weighted by Crippen LogP contribution is 2.26. The first-order chi connectivity index (χ1) is 11.1. The number of hydrogen-bond donors (Lipinski definition) is 2. The molecule has 0 fully saturated rings. The molecule has 2 heterocycles. The van der Waals surface area contributed by atoms with Crippen LogP contribution in [0.5, 0.6) is 0 Å². The van der Waals surface area contributed by atoms with E-state index < -0.39 is 0 Å². The van der Waals surface area contributed by atoms with E-state index >= 15 is 0 Å². The van der Waals surface area contributed by atoms with Crippen molar-refractivity contribution in [1.82, 2.24) is 24.4 Å². The maximum atomic E-state index is 12.2. The van der Waals surface area contributed by atoms with Crippen LogP contribution in [0, 0.1) is 11.3 Å². The quantitative estimate of drug-likeness (QED) is 0.623. The number of aliphatic imine (C=N–C) groups is 1. The van der Waals surface area contributed by atoms with Gasteiger partial charge >= 0.3 is 0 Å². The average Bonchev–Trinajstić information content (AvgIpc) is 2.80. The fourth-order valence-electron chi connectivity index (χ4n) is 1.96. The first-order valence-corrected chi connectivity index (χ1v) is 8.03. The SMILES string of the molecule is CC(C)C(C)(C)CNc1nc2c(=O)[nH]c(/N=C/N(C)C)nc2n1C. The van der Waals surface area contributed by atoms with Gasteiger partial charge in [-0.15, -0.1) is 0 Å². The summed E-state index contributed by atoms with van der Waals surface area (Å²) in [5.41, 5.74) is 0.637. The summed E-state index contributed by atoms with van der Waals surface area (Å²) in [6.07, 6.45) is 1.59. The van der Waals surface area contributed by atoms with Gasteiger partial charge in [-0.05, 0) is 11.3 Å². The lowest BCUT2D eigenvalue weighted by molar-refractivity contribution is 0.269. The summed E-state index contributed by atoms with van der Waals surface area (Å²) in [7, 11) is 5.54. The zero-order chi connectivity index (χ0) is 18.1. The molecule has 0 saturated carbocycles. The summed E-state index contributed by atoms with van der Waals surface area (Å²) in [6, 6.07) is 0. The topological polar surface area (TPSA) is 91.2 Å². The molecule has 0 aliphatic heterocycles. The van der Waals surface area contributed by atoms with Crippen LogP contribution >= 0.6 is 0 Å². The molecule has 2 aromatic heterocycles. The van der Waals surface area contributed by atoms with Crippen LogP contribution in [0.1, 0.15) is 27.7 Å². The van der Waals surface area contributed by atoms with Crippen LogP contribution in [0.15, 0.2) is 9.79 Å². The van der Waals surface area contributed by atoms with Gasteiger partial charge in [0.15, 0.2) is 11.2 Å². The highest BCUT2D eigenvalue weighted by molar-refractivity contribution is 5.74. The zero-order valence-electron chi connectivity index (χ0n) is 15.5. The van der Waals surface area contributed by atoms with Gasteiger partial charge in [0.05, 0.1) is 6.34 Å². The van der Waals surface area contributed by atoms with Gasteiger partial charge in [-0.2, -0.15) is 4.98 Å². The van der Waals surface area contributed by atoms with Crippen LogP contribution in [0.25, 0.3) is 11.2 Å². The van der Waals surface area contributed by atoms with E-state index in [9.17, 15) is 4.79 Å². The number of rotatable bonds is 6. The molecule has 0 aliphatic rings. The van der Waals surface area contributed by atoms with Gasteiger partial charge in [0.25, 0.3) is 5.56 Å². The molecule has 8 heteroatoms. The maximum absolute atomic E-state index is 12.2. The van der Waals surface area contributed by atoms with Gasteiger partial charge in [0.2, 0.25) is 11.9 Å². The number of nitrogens with one attached hydrogen (secondary N) is 2. The lowest BCUT2D eigenvalue weighted by atomic mass is 9.81. The third kappa shape index (κ3) is 3.74. The molecular weight excluding hydrogens is 306 g/mol. The molecule has 24 heavy (non-hydrogen) atoms. The fraction of sp³-hybridized carbons (Fsp3) is 0.625. The second kappa shape index (κ2) is 6.62. The molecule has 0 atom stereocenters. The number of fused-ring (bicyclic) bond motifs is 1. The highest BCUT2D eigenvalue weighted by Gasteiger charge is 2.23. The van der Waals surface area contributed by atoms with Crippen molar-refractivity contribution in [3.8, 4) is 0 Å². The Labute approximate surface area is 142 Å². The third-order valence-corrected chi connectivity index (χ3v) is 4.39. The molecule has 2 N–H and O–H groups in total. The van der Waals surface area contributed by atoms with Gasteiger partial charge < -0.3 is 10.2 Å². The molecule has 0 radical (unpaired) electrons. The Morgan fingerprint density at radius 2 is 2.04 bits per heavy atom. The van der Waals surface area contributed by atoms with E-state index in [1.807, 2.05) is 21.1 Å². The number of nitrogens with zero attached hydrogens (tertiary/aromatic N) is 5. The third-order valence-electron chi connectivity index (χ3n) is 4.39. The molecule has 0 amide bonds. The molecule has 0 aliphatic carbocycles. The molecule has 2 aromatic rings. The Hall–Kier alpha value is -2.38. The van der Waals surface area contributed by atoms with E-state index in [0.717, 1.165) is 6.54 Å². The van der Waals surface area contributed by atoms with E-state index in [4.69, 9.17) is 0 Å². The Balaban J connectivity index is 2.36. The van der Waals surface area contributed by atoms with Gasteiger partial charge in [-0.1, -0.05) is 27.7 Å². The predicted octanol–water partition coefficient (Wildman–Crippen LogP) is 1.97. The van der Waals surface area contributed by atoms with Crippen molar-refractivity contribution in [2.24, 2.45) is 23.4 Å². The van der Waals surface area contributed by atoms with Gasteiger partial charge in [0.1, 0.15) is 0 Å². The monoisotopic (exact) mass is 333 g/mol. The van der Waals surface area contributed by atoms with E-state index in [0.29, 0.717) is 23.0 Å². The lowest BCUT2D eigenvalue weighted by Crippen LogP contribution is -2.29. The second-order valence-corrected chi connectivity index (χ2v) is 7.26. The summed E-state index contributed by atoms with van der Waals surface area (Å²) in [4.78, 5) is 29.6. The molecule has 0 unspecified atom stereocenters. The molecule has 0 spiro atoms. The van der Waals surface area contributed by atoms with Gasteiger partial charge in [-0.25, -0.2) is 9.98 Å². The molecule has 0 aromatic carbocycles. The largest absolute Gasteiger partial charge is 0.369 e. The molecular formula is C16H27N7O. The Morgan fingerprint density at radius 3 is 2.62 bits per heavy atom. The van der Waals surface area contributed by atoms with Crippen LogP contribution < -0.4 is 10.9 Å². The number of hydrogen-bond acceptors (Lipinski definition) is 5. The van der Waals surface area contributed by atoms with Crippen molar-refractivity contribution in [2.75, 3.05) is 26.0 Å². The first kappa shape index (κ1) is 18.0. The lowest BCUT2D eigenvalue weighted by Gasteiger charge is -2.29. The van der Waals surface area contributed by atoms with Crippen LogP contribution in [0.2, 0.25) is 0 Å². The van der Waals surface area contributed by atoms with E-state index in [-0.39, 0.29) is 16.9 Å². The molecule has 132 valence electrons. The van der Waals surface area contributed by atoms with Crippen molar-refractivity contribution >= 4 is 29.4 Å². The first-order valence-electron chi connectivity index (χ1n) is 8.03. The summed E-state index contributed by atoms with van der Waals surface area (Å²) < 4.78 is 1.79. The van der Waals surface area contributed by atoms with Crippen LogP contribution in [0.4, 0.5) is 11.9 Å². The standard InChI is InChI=1S/C16H27N7O/c1-10(2)16(3,4)8-17-15-19-11-12(23(15)7)20-14(21-13(11)24)18-9-22(5)6/h9-10H,8H2,1-7H3,(H,17,19)(H,20,21,24)/b18-9+.